The van der Waals surface area contributed by atoms with Crippen molar-refractivity contribution in [3.63, 3.8) is 0 Å². The van der Waals surface area contributed by atoms with Crippen LogP contribution >= 0.6 is 0 Å². The van der Waals surface area contributed by atoms with Crippen LogP contribution in [0.4, 0.5) is 0 Å². The normalized spacial score (nSPS) is 18.4. The first kappa shape index (κ1) is 10.9. The molecule has 1 nitrogen and oxygen atoms in total. The van der Waals surface area contributed by atoms with Crippen LogP contribution in [0.25, 0.3) is 10.9 Å². The molecule has 0 amide bonds. The summed E-state index contributed by atoms with van der Waals surface area (Å²) in [6.45, 7) is 2.16. The zero-order valence-corrected chi connectivity index (χ0v) is 10.6. The molecule has 1 aliphatic rings. The van der Waals surface area contributed by atoms with E-state index in [4.69, 9.17) is 0 Å². The van der Waals surface area contributed by atoms with E-state index in [1.807, 2.05) is 0 Å². The Balaban J connectivity index is 1.93. The van der Waals surface area contributed by atoms with Crippen LogP contribution in [0.15, 0.2) is 24.3 Å². The number of H-pyrrole nitrogens is 1. The third kappa shape index (κ3) is 2.24. The van der Waals surface area contributed by atoms with Gasteiger partial charge < -0.3 is 4.98 Å². The van der Waals surface area contributed by atoms with Gasteiger partial charge in [0.2, 0.25) is 0 Å². The van der Waals surface area contributed by atoms with Crippen molar-refractivity contribution in [2.75, 3.05) is 0 Å². The van der Waals surface area contributed by atoms with Gasteiger partial charge in [-0.05, 0) is 49.3 Å². The lowest BCUT2D eigenvalue weighted by atomic mass is 9.97. The van der Waals surface area contributed by atoms with Crippen molar-refractivity contribution in [2.45, 2.75) is 51.4 Å². The molecule has 1 aromatic heterocycles. The van der Waals surface area contributed by atoms with Crippen LogP contribution in [-0.2, 0) is 0 Å². The van der Waals surface area contributed by atoms with Crippen molar-refractivity contribution in [2.24, 2.45) is 0 Å². The Hall–Kier alpha value is -1.24. The third-order valence-corrected chi connectivity index (χ3v) is 4.09. The molecule has 0 unspecified atom stereocenters. The molecule has 1 fully saturated rings. The first-order valence-electron chi connectivity index (χ1n) is 6.92. The van der Waals surface area contributed by atoms with Crippen LogP contribution in [0.5, 0.6) is 0 Å². The quantitative estimate of drug-likeness (QED) is 0.666. The second kappa shape index (κ2) is 4.56. The number of hydrogen-bond acceptors (Lipinski definition) is 0. The molecule has 3 rings (SSSR count). The second-order valence-electron chi connectivity index (χ2n) is 5.50. The zero-order chi connectivity index (χ0) is 11.7. The topological polar surface area (TPSA) is 15.8 Å². The summed E-state index contributed by atoms with van der Waals surface area (Å²) in [6, 6.07) is 9.06. The number of rotatable bonds is 1. The Kier molecular flexibility index (Phi) is 2.92. The molecule has 1 N–H and O–H groups in total. The number of aromatic nitrogens is 1. The molecule has 1 aromatic carbocycles. The number of aromatic amines is 1. The molecule has 1 heteroatoms. The van der Waals surface area contributed by atoms with Gasteiger partial charge in [0.05, 0.1) is 0 Å². The average molecular weight is 227 g/mol. The summed E-state index contributed by atoms with van der Waals surface area (Å²) >= 11 is 0. The maximum Gasteiger partial charge on any atom is 0.0456 e. The first-order valence-corrected chi connectivity index (χ1v) is 6.92. The summed E-state index contributed by atoms with van der Waals surface area (Å²) in [6.07, 6.45) is 8.39. The molecule has 0 radical (unpaired) electrons. The molecule has 0 bridgehead atoms. The molecule has 1 heterocycles. The lowest BCUT2D eigenvalue weighted by Crippen LogP contribution is -1.96. The molecule has 1 saturated carbocycles. The highest BCUT2D eigenvalue weighted by Crippen LogP contribution is 2.32. The fourth-order valence-corrected chi connectivity index (χ4v) is 3.08. The van der Waals surface area contributed by atoms with Crippen LogP contribution in [0.3, 0.4) is 0 Å². The summed E-state index contributed by atoms with van der Waals surface area (Å²) in [5.74, 6) is 0.769. The van der Waals surface area contributed by atoms with Gasteiger partial charge in [-0.1, -0.05) is 37.3 Å². The monoisotopic (exact) mass is 227 g/mol. The molecule has 2 aromatic rings. The molecule has 17 heavy (non-hydrogen) atoms. The van der Waals surface area contributed by atoms with E-state index >= 15 is 0 Å². The van der Waals surface area contributed by atoms with E-state index < -0.39 is 0 Å². The average Bonchev–Trinajstić information content (AvgIpc) is 2.57. The molecule has 0 spiro atoms. The third-order valence-electron chi connectivity index (χ3n) is 4.09. The molecule has 0 aliphatic heterocycles. The highest BCUT2D eigenvalue weighted by Gasteiger charge is 2.16. The van der Waals surface area contributed by atoms with Crippen LogP contribution < -0.4 is 0 Å². The summed E-state index contributed by atoms with van der Waals surface area (Å²) in [5, 5.41) is 1.38. The number of aryl methyl sites for hydroxylation is 1. The Morgan fingerprint density at radius 3 is 2.53 bits per heavy atom. The van der Waals surface area contributed by atoms with Gasteiger partial charge in [-0.25, -0.2) is 0 Å². The number of hydrogen-bond donors (Lipinski definition) is 1. The minimum atomic E-state index is 0.769. The van der Waals surface area contributed by atoms with Crippen LogP contribution in [0.1, 0.15) is 55.7 Å². The van der Waals surface area contributed by atoms with Gasteiger partial charge in [0.15, 0.2) is 0 Å². The van der Waals surface area contributed by atoms with Crippen LogP contribution in [-0.4, -0.2) is 4.98 Å². The van der Waals surface area contributed by atoms with Crippen LogP contribution in [0.2, 0.25) is 0 Å². The second-order valence-corrected chi connectivity index (χ2v) is 5.50. The SMILES string of the molecule is Cc1ccc2[nH]c(C3CCCCCC3)cc2c1. The Bertz CT molecular complexity index is 501. The van der Waals surface area contributed by atoms with Crippen molar-refractivity contribution < 1.29 is 0 Å². The minimum Gasteiger partial charge on any atom is -0.358 e. The Morgan fingerprint density at radius 2 is 1.76 bits per heavy atom. The number of nitrogens with one attached hydrogen (secondary N) is 1. The first-order chi connectivity index (χ1) is 8.33. The van der Waals surface area contributed by atoms with E-state index in [1.165, 1.54) is 60.7 Å². The molecular weight excluding hydrogens is 206 g/mol. The predicted molar refractivity (Wildman–Crippen MR) is 73.5 cm³/mol. The van der Waals surface area contributed by atoms with E-state index in [0.717, 1.165) is 5.92 Å². The Labute approximate surface area is 103 Å². The van der Waals surface area contributed by atoms with E-state index in [1.54, 1.807) is 0 Å². The zero-order valence-electron chi connectivity index (χ0n) is 10.6. The lowest BCUT2D eigenvalue weighted by Gasteiger charge is -2.11. The highest BCUT2D eigenvalue weighted by atomic mass is 14.7. The van der Waals surface area contributed by atoms with E-state index in [2.05, 4.69) is 36.2 Å². The van der Waals surface area contributed by atoms with E-state index in [9.17, 15) is 0 Å². The maximum atomic E-state index is 3.62. The maximum absolute atomic E-state index is 3.62. The van der Waals surface area contributed by atoms with Gasteiger partial charge in [-0.15, -0.1) is 0 Å². The van der Waals surface area contributed by atoms with Gasteiger partial charge in [0, 0.05) is 11.2 Å². The molecule has 0 atom stereocenters. The minimum absolute atomic E-state index is 0.769. The molecular formula is C16H21N. The fourth-order valence-electron chi connectivity index (χ4n) is 3.08. The van der Waals surface area contributed by atoms with Gasteiger partial charge >= 0.3 is 0 Å². The summed E-state index contributed by atoms with van der Waals surface area (Å²) < 4.78 is 0. The van der Waals surface area contributed by atoms with Gasteiger partial charge in [-0.3, -0.25) is 0 Å². The van der Waals surface area contributed by atoms with Crippen molar-refractivity contribution in [3.8, 4) is 0 Å². The van der Waals surface area contributed by atoms with E-state index in [-0.39, 0.29) is 0 Å². The largest absolute Gasteiger partial charge is 0.358 e. The summed E-state index contributed by atoms with van der Waals surface area (Å²) in [4.78, 5) is 3.62. The van der Waals surface area contributed by atoms with Gasteiger partial charge in [-0.2, -0.15) is 0 Å². The molecule has 90 valence electrons. The highest BCUT2D eigenvalue weighted by molar-refractivity contribution is 5.81. The van der Waals surface area contributed by atoms with Crippen molar-refractivity contribution in [1.29, 1.82) is 0 Å². The predicted octanol–water partition coefficient (Wildman–Crippen LogP) is 4.91. The fraction of sp³-hybridized carbons (Fsp3) is 0.500. The molecule has 1 aliphatic carbocycles. The van der Waals surface area contributed by atoms with Crippen molar-refractivity contribution in [3.05, 3.63) is 35.5 Å². The number of fused-ring (bicyclic) bond motifs is 1. The lowest BCUT2D eigenvalue weighted by molar-refractivity contribution is 0.581. The van der Waals surface area contributed by atoms with Gasteiger partial charge in [0.1, 0.15) is 0 Å². The molecule has 0 saturated heterocycles. The number of benzene rings is 1. The van der Waals surface area contributed by atoms with Crippen LogP contribution in [0, 0.1) is 6.92 Å². The van der Waals surface area contributed by atoms with Crippen molar-refractivity contribution >= 4 is 10.9 Å². The van der Waals surface area contributed by atoms with E-state index in [0.29, 0.717) is 0 Å². The summed E-state index contributed by atoms with van der Waals surface area (Å²) in [7, 11) is 0. The smallest absolute Gasteiger partial charge is 0.0456 e. The van der Waals surface area contributed by atoms with Gasteiger partial charge in [0.25, 0.3) is 0 Å². The van der Waals surface area contributed by atoms with Crippen molar-refractivity contribution in [1.82, 2.24) is 4.98 Å². The summed E-state index contributed by atoms with van der Waals surface area (Å²) in [5.41, 5.74) is 4.12. The standard InChI is InChI=1S/C16H21N/c1-12-8-9-15-14(10-12)11-16(17-15)13-6-4-2-3-5-7-13/h8-11,13,17H,2-7H2,1H3. The Morgan fingerprint density at radius 1 is 1.00 bits per heavy atom.